The predicted octanol–water partition coefficient (Wildman–Crippen LogP) is 11.5. The minimum Gasteiger partial charge on any atom is -0.421 e. The lowest BCUT2D eigenvalue weighted by Crippen LogP contribution is -2.50. The molecule has 0 fully saturated rings. The van der Waals surface area contributed by atoms with E-state index in [0.717, 1.165) is 0 Å². The Hall–Kier alpha value is -5.40. The van der Waals surface area contributed by atoms with Crippen molar-refractivity contribution in [3.05, 3.63) is 123 Å². The van der Waals surface area contributed by atoms with Gasteiger partial charge in [0.2, 0.25) is 52.2 Å². The number of ether oxygens (including phenoxy) is 3. The van der Waals surface area contributed by atoms with Gasteiger partial charge in [0.1, 0.15) is 0 Å². The number of rotatable bonds is 9. The molecule has 0 aliphatic heterocycles. The van der Waals surface area contributed by atoms with E-state index in [1.807, 2.05) is 0 Å². The predicted molar refractivity (Wildman–Crippen MR) is 118 cm³/mol. The molecule has 0 aromatic heterocycles. The molecule has 27 heteroatoms. The first-order valence-electron chi connectivity index (χ1n) is 12.0. The Labute approximate surface area is 272 Å². The van der Waals surface area contributed by atoms with Crippen LogP contribution in [0.3, 0.4) is 0 Å². The number of benzene rings is 3. The van der Waals surface area contributed by atoms with E-state index >= 15 is 39.5 Å². The SMILES string of the molecule is FC(F)=C(F)Oc1c(F)c(F)c(C(c2c(F)c(F)c(OC(F)=C(F)F)c(F)c2F)(c2c(F)c(F)c(OC(F)=C(F)F)c(F)c2F)C(F)(F)F)c(F)c1F. The van der Waals surface area contributed by atoms with Crippen molar-refractivity contribution in [2.45, 2.75) is 11.6 Å². The quantitative estimate of drug-likeness (QED) is 0.0932. The minimum absolute atomic E-state index is 3.06. The number of hydrogen-bond donors (Lipinski definition) is 0. The molecule has 0 N–H and O–H groups in total. The number of alkyl halides is 3. The van der Waals surface area contributed by atoms with Crippen LogP contribution < -0.4 is 14.2 Å². The van der Waals surface area contributed by atoms with Crippen LogP contribution >= 0.6 is 0 Å². The topological polar surface area (TPSA) is 27.7 Å². The molecular weight excluding hydrogens is 816 g/mol. The maximum atomic E-state index is 15.5. The monoisotopic (exact) mass is 816 g/mol. The molecular formula is C26F24O3. The van der Waals surface area contributed by atoms with Gasteiger partial charge < -0.3 is 14.2 Å². The molecule has 0 heterocycles. The summed E-state index contributed by atoms with van der Waals surface area (Å²) < 4.78 is 351. The Bertz CT molecular complexity index is 1790. The highest BCUT2D eigenvalue weighted by Gasteiger charge is 2.68. The molecule has 0 amide bonds. The summed E-state index contributed by atoms with van der Waals surface area (Å²) in [6.45, 7) is 0. The summed E-state index contributed by atoms with van der Waals surface area (Å²) in [6, 6.07) is -10.6. The zero-order chi connectivity index (χ0) is 41.0. The third kappa shape index (κ3) is 6.70. The van der Waals surface area contributed by atoms with Gasteiger partial charge in [-0.2, -0.15) is 79.0 Å². The molecule has 3 aromatic carbocycles. The third-order valence-corrected chi connectivity index (χ3v) is 6.24. The Morgan fingerprint density at radius 1 is 0.302 bits per heavy atom. The molecule has 0 atom stereocenters. The maximum Gasteiger partial charge on any atom is 0.407 e. The first-order chi connectivity index (χ1) is 24.2. The van der Waals surface area contributed by atoms with E-state index in [1.165, 1.54) is 0 Å². The van der Waals surface area contributed by atoms with E-state index in [1.54, 1.807) is 0 Å². The lowest BCUT2D eigenvalue weighted by atomic mass is 9.67. The fraction of sp³-hybridized carbons (Fsp3) is 0.0769. The van der Waals surface area contributed by atoms with Crippen LogP contribution in [0, 0.1) is 69.8 Å². The molecule has 0 spiro atoms. The van der Waals surface area contributed by atoms with Crippen molar-refractivity contribution in [2.75, 3.05) is 0 Å². The molecule has 0 bridgehead atoms. The maximum absolute atomic E-state index is 15.5. The van der Waals surface area contributed by atoms with Crippen LogP contribution in [0.2, 0.25) is 0 Å². The van der Waals surface area contributed by atoms with Crippen molar-refractivity contribution in [3.63, 3.8) is 0 Å². The van der Waals surface area contributed by atoms with Gasteiger partial charge in [0, 0.05) is 0 Å². The Morgan fingerprint density at radius 3 is 0.604 bits per heavy atom. The number of hydrogen-bond acceptors (Lipinski definition) is 3. The molecule has 0 saturated heterocycles. The van der Waals surface area contributed by atoms with Crippen LogP contribution in [0.1, 0.15) is 16.7 Å². The lowest BCUT2D eigenvalue weighted by Gasteiger charge is -2.38. The van der Waals surface area contributed by atoms with Crippen LogP contribution in [0.25, 0.3) is 0 Å². The van der Waals surface area contributed by atoms with Gasteiger partial charge in [-0.3, -0.25) is 0 Å². The molecule has 290 valence electrons. The highest BCUT2D eigenvalue weighted by molar-refractivity contribution is 5.59. The standard InChI is InChI=1S/C26F24O3/c27-4-1(5(28)11(34)16(10(4)33)51-22(45)19(39)40)25(26(48,49)50,2-6(29)12(35)17(13(36)7(2)30)52-23(46)20(41)42)3-8(31)14(37)18(15(38)9(3)32)53-24(47)21(43)44. The summed E-state index contributed by atoms with van der Waals surface area (Å²) in [5, 5.41) is 0. The van der Waals surface area contributed by atoms with Crippen molar-refractivity contribution in [1.29, 1.82) is 0 Å². The summed E-state index contributed by atoms with van der Waals surface area (Å²) >= 11 is 0. The van der Waals surface area contributed by atoms with E-state index in [0.29, 0.717) is 0 Å². The summed E-state index contributed by atoms with van der Waals surface area (Å²) in [4.78, 5) is 0. The fourth-order valence-electron chi connectivity index (χ4n) is 4.28. The van der Waals surface area contributed by atoms with Crippen LogP contribution in [-0.4, -0.2) is 6.18 Å². The van der Waals surface area contributed by atoms with E-state index in [9.17, 15) is 65.9 Å². The lowest BCUT2D eigenvalue weighted by molar-refractivity contribution is -0.171. The summed E-state index contributed by atoms with van der Waals surface area (Å²) in [7, 11) is 0. The van der Waals surface area contributed by atoms with Gasteiger partial charge >= 0.3 is 42.5 Å². The van der Waals surface area contributed by atoms with Gasteiger partial charge in [-0.25, -0.2) is 26.3 Å². The van der Waals surface area contributed by atoms with Gasteiger partial charge in [-0.05, 0) is 0 Å². The summed E-state index contributed by atoms with van der Waals surface area (Å²) in [5.41, 5.74) is -19.5. The van der Waals surface area contributed by atoms with Crippen molar-refractivity contribution >= 4 is 0 Å². The highest BCUT2D eigenvalue weighted by atomic mass is 19.4. The van der Waals surface area contributed by atoms with Gasteiger partial charge in [0.15, 0.2) is 40.3 Å². The summed E-state index contributed by atoms with van der Waals surface area (Å²) in [5.74, 6) is -57.2. The van der Waals surface area contributed by atoms with Crippen molar-refractivity contribution in [2.24, 2.45) is 0 Å². The molecule has 0 radical (unpaired) electrons. The normalized spacial score (nSPS) is 11.8. The largest absolute Gasteiger partial charge is 0.421 e. The third-order valence-electron chi connectivity index (χ3n) is 6.24. The molecule has 3 aromatic rings. The second-order valence-corrected chi connectivity index (χ2v) is 9.04. The average molecular weight is 816 g/mol. The van der Waals surface area contributed by atoms with Crippen LogP contribution in [0.5, 0.6) is 17.2 Å². The van der Waals surface area contributed by atoms with Crippen molar-refractivity contribution in [3.8, 4) is 17.2 Å². The van der Waals surface area contributed by atoms with E-state index < -0.39 is 152 Å². The Kier molecular flexibility index (Phi) is 11.5. The Morgan fingerprint density at radius 2 is 0.472 bits per heavy atom. The van der Waals surface area contributed by atoms with Gasteiger partial charge in [0.25, 0.3) is 0 Å². The van der Waals surface area contributed by atoms with E-state index in [2.05, 4.69) is 14.2 Å². The summed E-state index contributed by atoms with van der Waals surface area (Å²) in [6.07, 6.45) is -19.1. The molecule has 0 saturated carbocycles. The van der Waals surface area contributed by atoms with Crippen LogP contribution in [-0.2, 0) is 5.41 Å². The molecule has 0 aliphatic carbocycles. The molecule has 53 heavy (non-hydrogen) atoms. The molecule has 3 nitrogen and oxygen atoms in total. The zero-order valence-electron chi connectivity index (χ0n) is 23.3. The first kappa shape index (κ1) is 42.0. The van der Waals surface area contributed by atoms with E-state index in [4.69, 9.17) is 0 Å². The van der Waals surface area contributed by atoms with E-state index in [-0.39, 0.29) is 0 Å². The zero-order valence-corrected chi connectivity index (χ0v) is 23.3. The second kappa shape index (κ2) is 14.6. The van der Waals surface area contributed by atoms with Gasteiger partial charge in [-0.15, -0.1) is 0 Å². The molecule has 0 aliphatic rings. The molecule has 0 unspecified atom stereocenters. The average Bonchev–Trinajstić information content (AvgIpc) is 3.06. The van der Waals surface area contributed by atoms with Gasteiger partial charge in [0.05, 0.1) is 16.7 Å². The number of halogens is 24. The Balaban J connectivity index is 2.88. The van der Waals surface area contributed by atoms with Crippen LogP contribution in [0.4, 0.5) is 105 Å². The minimum atomic E-state index is -7.82. The van der Waals surface area contributed by atoms with Crippen molar-refractivity contribution < 1.29 is 120 Å². The highest BCUT2D eigenvalue weighted by Crippen LogP contribution is 2.58. The van der Waals surface area contributed by atoms with Crippen LogP contribution in [0.15, 0.2) is 36.3 Å². The molecule has 3 rings (SSSR count). The second-order valence-electron chi connectivity index (χ2n) is 9.04. The van der Waals surface area contributed by atoms with Crippen molar-refractivity contribution in [1.82, 2.24) is 0 Å². The fourth-order valence-corrected chi connectivity index (χ4v) is 4.28. The smallest absolute Gasteiger partial charge is 0.407 e. The first-order valence-corrected chi connectivity index (χ1v) is 12.0. The van der Waals surface area contributed by atoms with Gasteiger partial charge in [-0.1, -0.05) is 0 Å².